The second-order valence-corrected chi connectivity index (χ2v) is 6.85. The van der Waals surface area contributed by atoms with Gasteiger partial charge in [0.1, 0.15) is 0 Å². The van der Waals surface area contributed by atoms with Crippen LogP contribution in [0.5, 0.6) is 0 Å². The molecular weight excluding hydrogens is 258 g/mol. The lowest BCUT2D eigenvalue weighted by molar-refractivity contribution is 0.227. The summed E-state index contributed by atoms with van der Waals surface area (Å²) in [7, 11) is 2.20. The molecule has 1 fully saturated rings. The van der Waals surface area contributed by atoms with Gasteiger partial charge in [-0.1, -0.05) is 13.8 Å². The summed E-state index contributed by atoms with van der Waals surface area (Å²) in [5.41, 5.74) is 0. The predicted molar refractivity (Wildman–Crippen MR) is 79.1 cm³/mol. The van der Waals surface area contributed by atoms with Crippen molar-refractivity contribution in [2.24, 2.45) is 0 Å². The van der Waals surface area contributed by atoms with Gasteiger partial charge < -0.3 is 0 Å². The molecule has 108 valence electrons. The summed E-state index contributed by atoms with van der Waals surface area (Å²) in [6.45, 7) is 6.18. The second-order valence-electron chi connectivity index (χ2n) is 5.28. The Balaban J connectivity index is 1.87. The van der Waals surface area contributed by atoms with Crippen molar-refractivity contribution in [3.05, 3.63) is 5.82 Å². The van der Waals surface area contributed by atoms with Gasteiger partial charge >= 0.3 is 0 Å². The maximum atomic E-state index is 4.16. The van der Waals surface area contributed by atoms with E-state index in [0.717, 1.165) is 30.6 Å². The minimum Gasteiger partial charge on any atom is -0.296 e. The third-order valence-electron chi connectivity index (χ3n) is 3.81. The molecule has 1 aliphatic carbocycles. The number of tetrazole rings is 1. The van der Waals surface area contributed by atoms with Crippen LogP contribution in [0.25, 0.3) is 0 Å². The number of aromatic nitrogens is 4. The van der Waals surface area contributed by atoms with Crippen molar-refractivity contribution in [1.82, 2.24) is 25.1 Å². The minimum absolute atomic E-state index is 0.691. The highest BCUT2D eigenvalue weighted by Crippen LogP contribution is 2.32. The molecule has 0 radical (unpaired) electrons. The highest BCUT2D eigenvalue weighted by atomic mass is 32.2. The SMILES string of the molecule is CCCn1nnnc1CN(C)[C@H]1CC[C@@H](SCC)C1. The van der Waals surface area contributed by atoms with Gasteiger partial charge in [0.05, 0.1) is 6.54 Å². The molecule has 1 heterocycles. The van der Waals surface area contributed by atoms with Gasteiger partial charge in [0.25, 0.3) is 0 Å². The molecule has 1 aromatic rings. The largest absolute Gasteiger partial charge is 0.296 e. The summed E-state index contributed by atoms with van der Waals surface area (Å²) < 4.78 is 1.93. The number of thioether (sulfide) groups is 1. The minimum atomic E-state index is 0.691. The van der Waals surface area contributed by atoms with Crippen molar-refractivity contribution >= 4 is 11.8 Å². The number of aryl methyl sites for hydroxylation is 1. The Morgan fingerprint density at radius 2 is 2.21 bits per heavy atom. The predicted octanol–water partition coefficient (Wildman–Crippen LogP) is 2.19. The molecule has 5 nitrogen and oxygen atoms in total. The fourth-order valence-corrected chi connectivity index (χ4v) is 3.91. The number of nitrogens with zero attached hydrogens (tertiary/aromatic N) is 5. The van der Waals surface area contributed by atoms with Crippen molar-refractivity contribution < 1.29 is 0 Å². The van der Waals surface area contributed by atoms with Gasteiger partial charge in [-0.25, -0.2) is 4.68 Å². The van der Waals surface area contributed by atoms with Gasteiger partial charge in [-0.05, 0) is 48.9 Å². The monoisotopic (exact) mass is 283 g/mol. The zero-order valence-electron chi connectivity index (χ0n) is 12.2. The molecule has 0 aliphatic heterocycles. The molecule has 0 saturated heterocycles. The number of hydrogen-bond donors (Lipinski definition) is 0. The van der Waals surface area contributed by atoms with Crippen LogP contribution in [0.2, 0.25) is 0 Å². The van der Waals surface area contributed by atoms with Crippen LogP contribution in [0.3, 0.4) is 0 Å². The molecule has 6 heteroatoms. The lowest BCUT2D eigenvalue weighted by Crippen LogP contribution is -2.30. The van der Waals surface area contributed by atoms with E-state index in [9.17, 15) is 0 Å². The van der Waals surface area contributed by atoms with Crippen LogP contribution in [0, 0.1) is 0 Å². The van der Waals surface area contributed by atoms with Crippen LogP contribution in [-0.2, 0) is 13.1 Å². The summed E-state index contributed by atoms with van der Waals surface area (Å²) >= 11 is 2.11. The van der Waals surface area contributed by atoms with Crippen LogP contribution >= 0.6 is 11.8 Å². The van der Waals surface area contributed by atoms with E-state index in [0.29, 0.717) is 6.04 Å². The molecule has 2 rings (SSSR count). The quantitative estimate of drug-likeness (QED) is 0.767. The van der Waals surface area contributed by atoms with Gasteiger partial charge in [-0.2, -0.15) is 11.8 Å². The van der Waals surface area contributed by atoms with Gasteiger partial charge in [0.15, 0.2) is 5.82 Å². The van der Waals surface area contributed by atoms with Crippen molar-refractivity contribution in [2.75, 3.05) is 12.8 Å². The van der Waals surface area contributed by atoms with Gasteiger partial charge in [0.2, 0.25) is 0 Å². The van der Waals surface area contributed by atoms with Gasteiger partial charge in [-0.15, -0.1) is 5.10 Å². The van der Waals surface area contributed by atoms with Crippen LogP contribution in [0.4, 0.5) is 0 Å². The molecule has 0 aromatic carbocycles. The Kier molecular flexibility index (Phi) is 5.63. The Morgan fingerprint density at radius 1 is 1.37 bits per heavy atom. The van der Waals surface area contributed by atoms with E-state index in [4.69, 9.17) is 0 Å². The van der Waals surface area contributed by atoms with Crippen LogP contribution in [-0.4, -0.2) is 49.2 Å². The fourth-order valence-electron chi connectivity index (χ4n) is 2.78. The van der Waals surface area contributed by atoms with Gasteiger partial charge in [0, 0.05) is 17.8 Å². The smallest absolute Gasteiger partial charge is 0.165 e. The molecule has 2 atom stereocenters. The Bertz CT molecular complexity index is 381. The molecule has 1 saturated carbocycles. The third-order valence-corrected chi connectivity index (χ3v) is 5.05. The highest BCUT2D eigenvalue weighted by molar-refractivity contribution is 7.99. The van der Waals surface area contributed by atoms with Crippen LogP contribution in [0.15, 0.2) is 0 Å². The summed E-state index contributed by atoms with van der Waals surface area (Å²) in [5.74, 6) is 2.23. The summed E-state index contributed by atoms with van der Waals surface area (Å²) in [6, 6.07) is 0.691. The van der Waals surface area contributed by atoms with Gasteiger partial charge in [-0.3, -0.25) is 4.90 Å². The molecule has 0 bridgehead atoms. The van der Waals surface area contributed by atoms with Crippen molar-refractivity contribution in [3.63, 3.8) is 0 Å². The van der Waals surface area contributed by atoms with Crippen molar-refractivity contribution in [1.29, 1.82) is 0 Å². The van der Waals surface area contributed by atoms with Crippen molar-refractivity contribution in [2.45, 2.75) is 63.9 Å². The molecule has 0 unspecified atom stereocenters. The average Bonchev–Trinajstić information content (AvgIpc) is 3.01. The highest BCUT2D eigenvalue weighted by Gasteiger charge is 2.28. The topological polar surface area (TPSA) is 46.8 Å². The number of rotatable bonds is 7. The lowest BCUT2D eigenvalue weighted by atomic mass is 10.2. The van der Waals surface area contributed by atoms with Crippen LogP contribution in [0.1, 0.15) is 45.4 Å². The van der Waals surface area contributed by atoms with E-state index in [1.807, 2.05) is 4.68 Å². The normalized spacial score (nSPS) is 23.4. The van der Waals surface area contributed by atoms with E-state index in [2.05, 4.69) is 53.1 Å². The molecule has 0 spiro atoms. The second kappa shape index (κ2) is 7.24. The first-order chi connectivity index (χ1) is 9.24. The Morgan fingerprint density at radius 3 is 2.95 bits per heavy atom. The van der Waals surface area contributed by atoms with Crippen molar-refractivity contribution in [3.8, 4) is 0 Å². The average molecular weight is 283 g/mol. The van der Waals surface area contributed by atoms with E-state index in [1.54, 1.807) is 0 Å². The standard InChI is InChI=1S/C13H25N5S/c1-4-8-18-13(14-15-16-18)10-17(3)11-6-7-12(9-11)19-5-2/h11-12H,4-10H2,1-3H3/t11-,12+/m0/s1. The first-order valence-corrected chi connectivity index (χ1v) is 8.36. The summed E-state index contributed by atoms with van der Waals surface area (Å²) in [5, 5.41) is 12.9. The molecular formula is C13H25N5S. The molecule has 0 N–H and O–H groups in total. The third kappa shape index (κ3) is 3.92. The summed E-state index contributed by atoms with van der Waals surface area (Å²) in [4.78, 5) is 2.42. The molecule has 0 amide bonds. The Labute approximate surface area is 120 Å². The number of hydrogen-bond acceptors (Lipinski definition) is 5. The fraction of sp³-hybridized carbons (Fsp3) is 0.923. The molecule has 1 aromatic heterocycles. The lowest BCUT2D eigenvalue weighted by Gasteiger charge is -2.23. The molecule has 19 heavy (non-hydrogen) atoms. The van der Waals surface area contributed by atoms with E-state index < -0.39 is 0 Å². The summed E-state index contributed by atoms with van der Waals surface area (Å²) in [6.07, 6.45) is 5.04. The Hall–Kier alpha value is -0.620. The first kappa shape index (κ1) is 14.8. The zero-order chi connectivity index (χ0) is 13.7. The van der Waals surface area contributed by atoms with Crippen LogP contribution < -0.4 is 0 Å². The van der Waals surface area contributed by atoms with E-state index in [1.165, 1.54) is 25.0 Å². The maximum absolute atomic E-state index is 4.16. The first-order valence-electron chi connectivity index (χ1n) is 7.31. The van der Waals surface area contributed by atoms with E-state index in [-0.39, 0.29) is 0 Å². The maximum Gasteiger partial charge on any atom is 0.165 e. The molecule has 1 aliphatic rings. The zero-order valence-corrected chi connectivity index (χ0v) is 13.1. The van der Waals surface area contributed by atoms with E-state index >= 15 is 0 Å².